The summed E-state index contributed by atoms with van der Waals surface area (Å²) in [5, 5.41) is 3.37. The molecule has 1 unspecified atom stereocenters. The molecule has 1 aliphatic heterocycles. The number of hydrogen-bond donors (Lipinski definition) is 1. The minimum atomic E-state index is 0.500. The van der Waals surface area contributed by atoms with Crippen molar-refractivity contribution in [3.05, 3.63) is 42.2 Å². The fraction of sp³-hybridized carbons (Fsp3) is 0.375. The van der Waals surface area contributed by atoms with E-state index in [0.29, 0.717) is 6.04 Å². The minimum Gasteiger partial charge on any atom is -0.340 e. The van der Waals surface area contributed by atoms with Crippen LogP contribution in [0.1, 0.15) is 12.0 Å². The maximum atomic E-state index is 4.51. The molecule has 0 spiro atoms. The van der Waals surface area contributed by atoms with Crippen LogP contribution in [0.15, 0.2) is 36.7 Å². The van der Waals surface area contributed by atoms with E-state index in [0.717, 1.165) is 36.6 Å². The second-order valence-electron chi connectivity index (χ2n) is 5.40. The van der Waals surface area contributed by atoms with Gasteiger partial charge in [-0.1, -0.05) is 29.8 Å². The third-order valence-electron chi connectivity index (χ3n) is 3.92. The van der Waals surface area contributed by atoms with Gasteiger partial charge in [0, 0.05) is 37.6 Å². The standard InChI is InChI=1S/C16H20N4/c1-12-3-5-13(6-4-12)14-9-18-16(19-10-14)20(2)15-7-8-17-11-15/h3-6,9-10,15,17H,7-8,11H2,1-2H3. The Hall–Kier alpha value is -1.94. The van der Waals surface area contributed by atoms with Crippen LogP contribution < -0.4 is 10.2 Å². The van der Waals surface area contributed by atoms with Crippen molar-refractivity contribution in [2.24, 2.45) is 0 Å². The Labute approximate surface area is 119 Å². The summed E-state index contributed by atoms with van der Waals surface area (Å²) in [6, 6.07) is 8.94. The minimum absolute atomic E-state index is 0.500. The third-order valence-corrected chi connectivity index (χ3v) is 3.92. The summed E-state index contributed by atoms with van der Waals surface area (Å²) < 4.78 is 0. The van der Waals surface area contributed by atoms with Crippen LogP contribution in [-0.4, -0.2) is 36.1 Å². The van der Waals surface area contributed by atoms with Gasteiger partial charge in [0.05, 0.1) is 0 Å². The largest absolute Gasteiger partial charge is 0.340 e. The number of nitrogens with zero attached hydrogens (tertiary/aromatic N) is 3. The fourth-order valence-corrected chi connectivity index (χ4v) is 2.53. The second-order valence-corrected chi connectivity index (χ2v) is 5.40. The van der Waals surface area contributed by atoms with Crippen molar-refractivity contribution in [2.45, 2.75) is 19.4 Å². The van der Waals surface area contributed by atoms with Gasteiger partial charge in [0.1, 0.15) is 0 Å². The molecule has 0 bridgehead atoms. The number of nitrogens with one attached hydrogen (secondary N) is 1. The Morgan fingerprint density at radius 1 is 1.10 bits per heavy atom. The maximum Gasteiger partial charge on any atom is 0.225 e. The van der Waals surface area contributed by atoms with Crippen molar-refractivity contribution in [3.8, 4) is 11.1 Å². The van der Waals surface area contributed by atoms with Crippen molar-refractivity contribution < 1.29 is 0 Å². The molecular formula is C16H20N4. The number of rotatable bonds is 3. The van der Waals surface area contributed by atoms with E-state index in [1.165, 1.54) is 5.56 Å². The van der Waals surface area contributed by atoms with Crippen molar-refractivity contribution >= 4 is 5.95 Å². The molecule has 20 heavy (non-hydrogen) atoms. The molecule has 2 heterocycles. The molecule has 1 saturated heterocycles. The summed E-state index contributed by atoms with van der Waals surface area (Å²) in [5.41, 5.74) is 3.48. The van der Waals surface area contributed by atoms with Gasteiger partial charge in [-0.25, -0.2) is 9.97 Å². The van der Waals surface area contributed by atoms with E-state index in [1.807, 2.05) is 12.4 Å². The molecule has 4 heteroatoms. The second kappa shape index (κ2) is 5.59. The van der Waals surface area contributed by atoms with E-state index < -0.39 is 0 Å². The van der Waals surface area contributed by atoms with Crippen LogP contribution in [0.5, 0.6) is 0 Å². The fourth-order valence-electron chi connectivity index (χ4n) is 2.53. The van der Waals surface area contributed by atoms with E-state index in [2.05, 4.69) is 58.4 Å². The summed E-state index contributed by atoms with van der Waals surface area (Å²) in [5.74, 6) is 0.801. The summed E-state index contributed by atoms with van der Waals surface area (Å²) in [6.45, 7) is 4.18. The van der Waals surface area contributed by atoms with Gasteiger partial charge in [0.25, 0.3) is 0 Å². The van der Waals surface area contributed by atoms with Crippen LogP contribution in [0.25, 0.3) is 11.1 Å². The summed E-state index contributed by atoms with van der Waals surface area (Å²) in [4.78, 5) is 11.2. The zero-order valence-corrected chi connectivity index (χ0v) is 12.0. The molecule has 4 nitrogen and oxygen atoms in total. The highest BCUT2D eigenvalue weighted by Gasteiger charge is 2.20. The van der Waals surface area contributed by atoms with E-state index in [1.54, 1.807) is 0 Å². The normalized spacial score (nSPS) is 18.2. The van der Waals surface area contributed by atoms with Crippen molar-refractivity contribution in [2.75, 3.05) is 25.0 Å². The Morgan fingerprint density at radius 3 is 2.40 bits per heavy atom. The van der Waals surface area contributed by atoms with Gasteiger partial charge in [0.15, 0.2) is 0 Å². The lowest BCUT2D eigenvalue weighted by molar-refractivity contribution is 0.668. The van der Waals surface area contributed by atoms with E-state index in [-0.39, 0.29) is 0 Å². The molecule has 0 saturated carbocycles. The van der Waals surface area contributed by atoms with Gasteiger partial charge in [-0.15, -0.1) is 0 Å². The number of anilines is 1. The molecule has 104 valence electrons. The molecule has 3 rings (SSSR count). The van der Waals surface area contributed by atoms with Crippen molar-refractivity contribution in [3.63, 3.8) is 0 Å². The topological polar surface area (TPSA) is 41.1 Å². The average molecular weight is 268 g/mol. The van der Waals surface area contributed by atoms with Crippen LogP contribution in [0.3, 0.4) is 0 Å². The first-order chi connectivity index (χ1) is 9.74. The lowest BCUT2D eigenvalue weighted by Gasteiger charge is -2.23. The monoisotopic (exact) mass is 268 g/mol. The first kappa shape index (κ1) is 13.1. The first-order valence-corrected chi connectivity index (χ1v) is 7.06. The Balaban J connectivity index is 1.78. The van der Waals surface area contributed by atoms with Gasteiger partial charge < -0.3 is 10.2 Å². The molecule has 0 radical (unpaired) electrons. The predicted molar refractivity (Wildman–Crippen MR) is 81.9 cm³/mol. The summed E-state index contributed by atoms with van der Waals surface area (Å²) >= 11 is 0. The van der Waals surface area contributed by atoms with E-state index in [9.17, 15) is 0 Å². The van der Waals surface area contributed by atoms with Gasteiger partial charge in [-0.05, 0) is 25.5 Å². The molecule has 2 aromatic rings. The Kier molecular flexibility index (Phi) is 3.65. The Morgan fingerprint density at radius 2 is 1.80 bits per heavy atom. The molecule has 1 N–H and O–H groups in total. The number of benzene rings is 1. The lowest BCUT2D eigenvalue weighted by Crippen LogP contribution is -2.34. The lowest BCUT2D eigenvalue weighted by atomic mass is 10.1. The van der Waals surface area contributed by atoms with Gasteiger partial charge in [0.2, 0.25) is 5.95 Å². The highest BCUT2D eigenvalue weighted by Crippen LogP contribution is 2.20. The number of aryl methyl sites for hydroxylation is 1. The SMILES string of the molecule is Cc1ccc(-c2cnc(N(C)C3CCNC3)nc2)cc1. The maximum absolute atomic E-state index is 4.51. The number of hydrogen-bond acceptors (Lipinski definition) is 4. The molecule has 0 amide bonds. The molecule has 1 aromatic carbocycles. The quantitative estimate of drug-likeness (QED) is 0.927. The molecule has 1 aromatic heterocycles. The first-order valence-electron chi connectivity index (χ1n) is 7.06. The smallest absolute Gasteiger partial charge is 0.225 e. The van der Waals surface area contributed by atoms with Crippen LogP contribution in [0.4, 0.5) is 5.95 Å². The van der Waals surface area contributed by atoms with Crippen LogP contribution in [0.2, 0.25) is 0 Å². The van der Waals surface area contributed by atoms with Crippen LogP contribution in [0, 0.1) is 6.92 Å². The van der Waals surface area contributed by atoms with Crippen molar-refractivity contribution in [1.29, 1.82) is 0 Å². The van der Waals surface area contributed by atoms with Crippen molar-refractivity contribution in [1.82, 2.24) is 15.3 Å². The average Bonchev–Trinajstić information content (AvgIpc) is 3.02. The van der Waals surface area contributed by atoms with Crippen LogP contribution in [-0.2, 0) is 0 Å². The predicted octanol–water partition coefficient (Wildman–Crippen LogP) is 2.25. The molecule has 1 aliphatic rings. The molecule has 1 atom stereocenters. The number of likely N-dealkylation sites (N-methyl/N-ethyl adjacent to an activating group) is 1. The Bertz CT molecular complexity index is 556. The zero-order chi connectivity index (χ0) is 13.9. The number of aromatic nitrogens is 2. The zero-order valence-electron chi connectivity index (χ0n) is 12.0. The van der Waals surface area contributed by atoms with E-state index in [4.69, 9.17) is 0 Å². The molecular weight excluding hydrogens is 248 g/mol. The summed E-state index contributed by atoms with van der Waals surface area (Å²) in [6.07, 6.45) is 4.97. The van der Waals surface area contributed by atoms with Gasteiger partial charge >= 0.3 is 0 Å². The highest BCUT2D eigenvalue weighted by atomic mass is 15.3. The van der Waals surface area contributed by atoms with E-state index >= 15 is 0 Å². The van der Waals surface area contributed by atoms with Crippen LogP contribution >= 0.6 is 0 Å². The van der Waals surface area contributed by atoms with Gasteiger partial charge in [-0.2, -0.15) is 0 Å². The summed E-state index contributed by atoms with van der Waals surface area (Å²) in [7, 11) is 2.07. The van der Waals surface area contributed by atoms with Gasteiger partial charge in [-0.3, -0.25) is 0 Å². The third kappa shape index (κ3) is 2.65. The molecule has 0 aliphatic carbocycles. The highest BCUT2D eigenvalue weighted by molar-refractivity contribution is 5.62. The molecule has 1 fully saturated rings.